The fourth-order valence-corrected chi connectivity index (χ4v) is 19.6. The Morgan fingerprint density at radius 1 is 0.815 bits per heavy atom. The first-order valence-corrected chi connectivity index (χ1v) is 18.8. The number of hydrogen-bond acceptors (Lipinski definition) is 2. The van der Waals surface area contributed by atoms with Crippen molar-refractivity contribution in [1.82, 2.24) is 0 Å². The molecule has 1 aliphatic rings. The molecule has 0 aromatic heterocycles. The summed E-state index contributed by atoms with van der Waals surface area (Å²) >= 11 is -2.25. The molecule has 0 amide bonds. The van der Waals surface area contributed by atoms with Gasteiger partial charge >= 0.3 is 175 Å². The van der Waals surface area contributed by atoms with Crippen LogP contribution in [0.1, 0.15) is 93.9 Å². The van der Waals surface area contributed by atoms with Crippen LogP contribution >= 0.6 is 0 Å². The molecule has 4 heteroatoms. The Kier molecular flexibility index (Phi) is 10.7. The van der Waals surface area contributed by atoms with Crippen molar-refractivity contribution in [2.24, 2.45) is 0 Å². The van der Waals surface area contributed by atoms with Gasteiger partial charge in [-0.25, -0.2) is 0 Å². The Labute approximate surface area is 174 Å². The van der Waals surface area contributed by atoms with Crippen molar-refractivity contribution in [3.05, 3.63) is 21.7 Å². The van der Waals surface area contributed by atoms with Gasteiger partial charge in [0, 0.05) is 0 Å². The van der Waals surface area contributed by atoms with Crippen LogP contribution in [0.3, 0.4) is 0 Å². The summed E-state index contributed by atoms with van der Waals surface area (Å²) in [6, 6.07) is 0. The summed E-state index contributed by atoms with van der Waals surface area (Å²) in [6.45, 7) is 17.9. The summed E-state index contributed by atoms with van der Waals surface area (Å²) in [5, 5.41) is 0. The van der Waals surface area contributed by atoms with E-state index in [1.807, 2.05) is 0 Å². The first kappa shape index (κ1) is 25.3. The Morgan fingerprint density at radius 3 is 1.59 bits per heavy atom. The predicted octanol–water partition coefficient (Wildman–Crippen LogP) is 7.51. The van der Waals surface area contributed by atoms with Gasteiger partial charge in [0.05, 0.1) is 0 Å². The average molecular weight is 483 g/mol. The SMILES string of the molecule is CCC[CH2][Sn]([CH2]CCC)([CH2]CCC)/[C](C)=C\C=C\B1OC(C)(C)C(C)(C)O1. The van der Waals surface area contributed by atoms with Crippen molar-refractivity contribution in [2.45, 2.75) is 118 Å². The van der Waals surface area contributed by atoms with E-state index in [4.69, 9.17) is 9.31 Å². The molecule has 0 spiro atoms. The van der Waals surface area contributed by atoms with Gasteiger partial charge in [0.2, 0.25) is 0 Å². The van der Waals surface area contributed by atoms with Gasteiger partial charge in [-0.2, -0.15) is 0 Å². The predicted molar refractivity (Wildman–Crippen MR) is 124 cm³/mol. The van der Waals surface area contributed by atoms with Crippen LogP contribution in [-0.2, 0) is 9.31 Å². The fraction of sp³-hybridized carbons (Fsp3) is 0.826. The molecule has 2 nitrogen and oxygen atoms in total. The molecule has 0 radical (unpaired) electrons. The van der Waals surface area contributed by atoms with Gasteiger partial charge < -0.3 is 0 Å². The number of rotatable bonds is 12. The molecule has 1 saturated heterocycles. The molecule has 0 saturated carbocycles. The zero-order valence-corrected chi connectivity index (χ0v) is 22.3. The van der Waals surface area contributed by atoms with Gasteiger partial charge in [-0.3, -0.25) is 0 Å². The molecule has 1 fully saturated rings. The maximum absolute atomic E-state index is 6.11. The van der Waals surface area contributed by atoms with Crippen molar-refractivity contribution < 1.29 is 9.31 Å². The first-order chi connectivity index (χ1) is 12.6. The zero-order chi connectivity index (χ0) is 20.6. The average Bonchev–Trinajstić information content (AvgIpc) is 2.81. The number of unbranched alkanes of at least 4 members (excludes halogenated alkanes) is 3. The van der Waals surface area contributed by atoms with E-state index in [1.165, 1.54) is 51.8 Å². The fourth-order valence-electron chi connectivity index (χ4n) is 3.95. The summed E-state index contributed by atoms with van der Waals surface area (Å²) < 4.78 is 18.5. The van der Waals surface area contributed by atoms with Crippen LogP contribution in [0.25, 0.3) is 0 Å². The van der Waals surface area contributed by atoms with E-state index in [2.05, 4.69) is 73.5 Å². The molecule has 0 N–H and O–H groups in total. The molecule has 0 aliphatic carbocycles. The summed E-state index contributed by atoms with van der Waals surface area (Å²) in [6.07, 6.45) is 12.9. The quantitative estimate of drug-likeness (QED) is 0.211. The van der Waals surface area contributed by atoms with Crippen molar-refractivity contribution in [2.75, 3.05) is 0 Å². The van der Waals surface area contributed by atoms with Gasteiger partial charge in [0.25, 0.3) is 0 Å². The van der Waals surface area contributed by atoms with Crippen molar-refractivity contribution in [1.29, 1.82) is 0 Å². The van der Waals surface area contributed by atoms with Crippen LogP contribution in [-0.4, -0.2) is 36.7 Å². The van der Waals surface area contributed by atoms with Crippen LogP contribution in [0, 0.1) is 0 Å². The molecular weight excluding hydrogens is 438 g/mol. The molecule has 1 heterocycles. The van der Waals surface area contributed by atoms with Crippen molar-refractivity contribution >= 4 is 25.5 Å². The Morgan fingerprint density at radius 2 is 1.22 bits per heavy atom. The minimum atomic E-state index is -2.25. The van der Waals surface area contributed by atoms with E-state index in [1.54, 1.807) is 3.59 Å². The third kappa shape index (κ3) is 7.22. The van der Waals surface area contributed by atoms with Gasteiger partial charge in [-0.1, -0.05) is 0 Å². The summed E-state index contributed by atoms with van der Waals surface area (Å²) in [5.41, 5.74) is -0.514. The molecular formula is C23H45BO2Sn. The Bertz CT molecular complexity index is 459. The van der Waals surface area contributed by atoms with Crippen molar-refractivity contribution in [3.8, 4) is 0 Å². The standard InChI is InChI=1S/C11H18BO2.3C4H9.Sn/c1-6-7-8-9-12-13-10(2,3)11(4,5)14-12;3*1-3-4-2;/h7-9H,1-5H3;3*1,3-4H2,2H3;/b7-6?,9-8+;;;;. The number of hydrogen-bond donors (Lipinski definition) is 0. The van der Waals surface area contributed by atoms with E-state index in [0.717, 1.165) is 0 Å². The molecule has 27 heavy (non-hydrogen) atoms. The van der Waals surface area contributed by atoms with Crippen LogP contribution in [0.4, 0.5) is 0 Å². The molecule has 1 rings (SSSR count). The molecule has 156 valence electrons. The first-order valence-electron chi connectivity index (χ1n) is 11.4. The van der Waals surface area contributed by atoms with Gasteiger partial charge in [0.1, 0.15) is 0 Å². The van der Waals surface area contributed by atoms with Crippen LogP contribution in [0.5, 0.6) is 0 Å². The third-order valence-corrected chi connectivity index (χ3v) is 23.2. The summed E-state index contributed by atoms with van der Waals surface area (Å²) in [4.78, 5) is 0. The third-order valence-electron chi connectivity index (χ3n) is 6.75. The molecule has 1 aliphatic heterocycles. The topological polar surface area (TPSA) is 18.5 Å². The van der Waals surface area contributed by atoms with Crippen LogP contribution < -0.4 is 0 Å². The van der Waals surface area contributed by atoms with E-state index in [0.29, 0.717) is 0 Å². The molecule has 0 atom stereocenters. The van der Waals surface area contributed by atoms with Crippen LogP contribution in [0.15, 0.2) is 21.7 Å². The van der Waals surface area contributed by atoms with Gasteiger partial charge in [-0.15, -0.1) is 0 Å². The molecule has 0 aromatic rings. The second-order valence-electron chi connectivity index (χ2n) is 9.45. The van der Waals surface area contributed by atoms with Crippen molar-refractivity contribution in [3.63, 3.8) is 0 Å². The second kappa shape index (κ2) is 11.4. The molecule has 0 bridgehead atoms. The van der Waals surface area contributed by atoms with E-state index < -0.39 is 18.4 Å². The molecule has 0 unspecified atom stereocenters. The van der Waals surface area contributed by atoms with Gasteiger partial charge in [0.15, 0.2) is 0 Å². The summed E-state index contributed by atoms with van der Waals surface area (Å²) in [7, 11) is -0.231. The Balaban J connectivity index is 2.93. The monoisotopic (exact) mass is 484 g/mol. The van der Waals surface area contributed by atoms with Crippen LogP contribution in [0.2, 0.25) is 13.3 Å². The Hall–Kier alpha value is 0.264. The van der Waals surface area contributed by atoms with E-state index in [9.17, 15) is 0 Å². The normalized spacial score (nSPS) is 20.0. The minimum absolute atomic E-state index is 0.231. The summed E-state index contributed by atoms with van der Waals surface area (Å²) in [5.74, 6) is 2.11. The maximum atomic E-state index is 6.11. The zero-order valence-electron chi connectivity index (χ0n) is 19.5. The molecule has 0 aromatic carbocycles. The number of allylic oxidation sites excluding steroid dienone is 3. The van der Waals surface area contributed by atoms with Gasteiger partial charge in [-0.05, 0) is 0 Å². The van der Waals surface area contributed by atoms with E-state index in [-0.39, 0.29) is 18.3 Å². The van der Waals surface area contributed by atoms with E-state index >= 15 is 0 Å². The second-order valence-corrected chi connectivity index (χ2v) is 23.3.